The van der Waals surface area contributed by atoms with Crippen molar-refractivity contribution in [1.29, 1.82) is 0 Å². The highest BCUT2D eigenvalue weighted by Crippen LogP contribution is 2.39. The maximum Gasteiger partial charge on any atom is 0.103 e. The van der Waals surface area contributed by atoms with Gasteiger partial charge in [-0.15, -0.1) is 11.6 Å². The molecule has 4 heteroatoms. The number of fused-ring (bicyclic) bond motifs is 2. The molecule has 2 aliphatic heterocycles. The van der Waals surface area contributed by atoms with Crippen molar-refractivity contribution in [1.82, 2.24) is 0 Å². The molecule has 0 spiro atoms. The number of hydrogen-bond acceptors (Lipinski definition) is 3. The number of ether oxygens (including phenoxy) is 3. The van der Waals surface area contributed by atoms with E-state index >= 15 is 0 Å². The summed E-state index contributed by atoms with van der Waals surface area (Å²) in [6.45, 7) is 1.09. The molecular weight excluding hydrogens is 336 g/mol. The van der Waals surface area contributed by atoms with E-state index in [1.165, 1.54) is 0 Å². The Kier molecular flexibility index (Phi) is 5.37. The van der Waals surface area contributed by atoms with Gasteiger partial charge in [0.15, 0.2) is 0 Å². The van der Waals surface area contributed by atoms with Gasteiger partial charge in [0.25, 0.3) is 0 Å². The first-order valence-corrected chi connectivity index (χ1v) is 9.35. The third-order valence-corrected chi connectivity index (χ3v) is 5.51. The van der Waals surface area contributed by atoms with Crippen LogP contribution in [0, 0.1) is 0 Å². The third kappa shape index (κ3) is 3.90. The summed E-state index contributed by atoms with van der Waals surface area (Å²) in [6.07, 6.45) is 1.85. The van der Waals surface area contributed by atoms with Crippen molar-refractivity contribution < 1.29 is 14.2 Å². The fourth-order valence-electron chi connectivity index (χ4n) is 3.70. The summed E-state index contributed by atoms with van der Waals surface area (Å²) >= 11 is 6.78. The van der Waals surface area contributed by atoms with Gasteiger partial charge in [0.2, 0.25) is 0 Å². The predicted octanol–water partition coefficient (Wildman–Crippen LogP) is 4.33. The van der Waals surface area contributed by atoms with E-state index in [2.05, 4.69) is 24.3 Å². The van der Waals surface area contributed by atoms with Crippen LogP contribution in [0.2, 0.25) is 0 Å². The number of hydrogen-bond donors (Lipinski definition) is 0. The maximum atomic E-state index is 6.78. The molecule has 2 aliphatic rings. The van der Waals surface area contributed by atoms with Crippen LogP contribution in [0.15, 0.2) is 60.7 Å². The smallest absolute Gasteiger partial charge is 0.103 e. The zero-order valence-corrected chi connectivity index (χ0v) is 14.8. The Hall–Kier alpha value is -1.39. The first-order chi connectivity index (χ1) is 12.3. The van der Waals surface area contributed by atoms with Crippen LogP contribution in [0.1, 0.15) is 24.0 Å². The van der Waals surface area contributed by atoms with Crippen LogP contribution in [0.5, 0.6) is 0 Å². The van der Waals surface area contributed by atoms with E-state index in [-0.39, 0.29) is 29.8 Å². The summed E-state index contributed by atoms with van der Waals surface area (Å²) in [6, 6.07) is 20.3. The Morgan fingerprint density at radius 1 is 0.760 bits per heavy atom. The Balaban J connectivity index is 1.40. The highest BCUT2D eigenvalue weighted by atomic mass is 35.5. The van der Waals surface area contributed by atoms with Gasteiger partial charge in [0.05, 0.1) is 30.8 Å². The second-order valence-corrected chi connectivity index (χ2v) is 7.26. The minimum atomic E-state index is -0.196. The lowest BCUT2D eigenvalue weighted by molar-refractivity contribution is -0.169. The van der Waals surface area contributed by atoms with Crippen molar-refractivity contribution in [2.24, 2.45) is 0 Å². The molecule has 132 valence electrons. The van der Waals surface area contributed by atoms with Crippen LogP contribution in [0.25, 0.3) is 0 Å². The minimum Gasteiger partial charge on any atom is -0.369 e. The lowest BCUT2D eigenvalue weighted by Gasteiger charge is -2.39. The summed E-state index contributed by atoms with van der Waals surface area (Å²) in [5.74, 6) is 0. The molecule has 25 heavy (non-hydrogen) atoms. The summed E-state index contributed by atoms with van der Waals surface area (Å²) in [5.41, 5.74) is 2.29. The number of halogens is 1. The molecule has 2 aromatic carbocycles. The van der Waals surface area contributed by atoms with Crippen molar-refractivity contribution in [2.45, 2.75) is 55.8 Å². The Labute approximate surface area is 153 Å². The summed E-state index contributed by atoms with van der Waals surface area (Å²) in [5, 5.41) is -0.196. The van der Waals surface area contributed by atoms with Gasteiger partial charge in [-0.1, -0.05) is 60.7 Å². The molecule has 0 amide bonds. The Bertz CT molecular complexity index is 606. The van der Waals surface area contributed by atoms with Gasteiger partial charge < -0.3 is 14.2 Å². The molecule has 5 atom stereocenters. The van der Waals surface area contributed by atoms with Crippen molar-refractivity contribution in [2.75, 3.05) is 0 Å². The van der Waals surface area contributed by atoms with Crippen molar-refractivity contribution >= 4 is 11.6 Å². The SMILES string of the molecule is ClC1[C@@H](OCc2ccccc2)[C@H]2CC[C@H](O2)[C@H]1OCc1ccccc1. The molecule has 0 aromatic heterocycles. The third-order valence-electron chi connectivity index (χ3n) is 5.02. The molecule has 2 heterocycles. The van der Waals surface area contributed by atoms with E-state index in [9.17, 15) is 0 Å². The fourth-order valence-corrected chi connectivity index (χ4v) is 4.17. The van der Waals surface area contributed by atoms with E-state index < -0.39 is 0 Å². The molecule has 0 radical (unpaired) electrons. The average molecular weight is 359 g/mol. The van der Waals surface area contributed by atoms with Gasteiger partial charge in [-0.25, -0.2) is 0 Å². The van der Waals surface area contributed by atoms with Crippen LogP contribution in [-0.4, -0.2) is 29.8 Å². The summed E-state index contributed by atoms with van der Waals surface area (Å²) in [4.78, 5) is 0. The van der Waals surface area contributed by atoms with E-state index in [0.717, 1.165) is 24.0 Å². The van der Waals surface area contributed by atoms with E-state index in [0.29, 0.717) is 13.2 Å². The van der Waals surface area contributed by atoms with Crippen LogP contribution < -0.4 is 0 Å². The van der Waals surface area contributed by atoms with Crippen LogP contribution in [0.4, 0.5) is 0 Å². The maximum absolute atomic E-state index is 6.78. The second-order valence-electron chi connectivity index (χ2n) is 6.76. The van der Waals surface area contributed by atoms with Crippen molar-refractivity contribution in [3.05, 3.63) is 71.8 Å². The fraction of sp³-hybridized carbons (Fsp3) is 0.429. The summed E-state index contributed by atoms with van der Waals surface area (Å²) in [7, 11) is 0. The van der Waals surface area contributed by atoms with E-state index in [1.54, 1.807) is 0 Å². The van der Waals surface area contributed by atoms with Crippen molar-refractivity contribution in [3.63, 3.8) is 0 Å². The highest BCUT2D eigenvalue weighted by molar-refractivity contribution is 6.21. The molecule has 2 saturated heterocycles. The molecule has 2 fully saturated rings. The second kappa shape index (κ2) is 7.88. The molecule has 2 bridgehead atoms. The number of rotatable bonds is 6. The number of benzene rings is 2. The zero-order valence-electron chi connectivity index (χ0n) is 14.1. The molecule has 3 nitrogen and oxygen atoms in total. The molecule has 1 unspecified atom stereocenters. The van der Waals surface area contributed by atoms with Crippen molar-refractivity contribution in [3.8, 4) is 0 Å². The zero-order chi connectivity index (χ0) is 17.1. The van der Waals surface area contributed by atoms with Crippen LogP contribution in [0.3, 0.4) is 0 Å². The van der Waals surface area contributed by atoms with Gasteiger partial charge in [0, 0.05) is 0 Å². The standard InChI is InChI=1S/C21H23ClO3/c22-19-20(23-13-15-7-3-1-4-8-15)17-11-12-18(25-17)21(19)24-14-16-9-5-2-6-10-16/h1-10,17-21H,11-14H2/t17-,18+,19?,20+,21-. The van der Waals surface area contributed by atoms with Gasteiger partial charge in [-0.05, 0) is 24.0 Å². The normalized spacial score (nSPS) is 31.2. The van der Waals surface area contributed by atoms with E-state index in [4.69, 9.17) is 25.8 Å². The van der Waals surface area contributed by atoms with E-state index in [1.807, 2.05) is 36.4 Å². The number of alkyl halides is 1. The quantitative estimate of drug-likeness (QED) is 0.719. The largest absolute Gasteiger partial charge is 0.369 e. The first kappa shape index (κ1) is 17.0. The van der Waals surface area contributed by atoms with Crippen LogP contribution in [-0.2, 0) is 27.4 Å². The monoisotopic (exact) mass is 358 g/mol. The molecule has 0 aliphatic carbocycles. The van der Waals surface area contributed by atoms with Gasteiger partial charge >= 0.3 is 0 Å². The first-order valence-electron chi connectivity index (χ1n) is 8.92. The average Bonchev–Trinajstić information content (AvgIpc) is 3.09. The molecular formula is C21H23ClO3. The lowest BCUT2D eigenvalue weighted by Crippen LogP contribution is -2.52. The minimum absolute atomic E-state index is 0.0767. The molecule has 2 aromatic rings. The van der Waals surface area contributed by atoms with Crippen LogP contribution >= 0.6 is 11.6 Å². The lowest BCUT2D eigenvalue weighted by atomic mass is 10.0. The molecule has 0 saturated carbocycles. The van der Waals surface area contributed by atoms with Gasteiger partial charge in [0.1, 0.15) is 12.2 Å². The highest BCUT2D eigenvalue weighted by Gasteiger charge is 2.50. The van der Waals surface area contributed by atoms with Gasteiger partial charge in [-0.2, -0.15) is 0 Å². The Morgan fingerprint density at radius 2 is 1.20 bits per heavy atom. The Morgan fingerprint density at radius 3 is 1.64 bits per heavy atom. The predicted molar refractivity (Wildman–Crippen MR) is 97.6 cm³/mol. The molecule has 0 N–H and O–H groups in total. The van der Waals surface area contributed by atoms with Gasteiger partial charge in [-0.3, -0.25) is 0 Å². The topological polar surface area (TPSA) is 27.7 Å². The summed E-state index contributed by atoms with van der Waals surface area (Å²) < 4.78 is 18.4. The molecule has 4 rings (SSSR count).